The second kappa shape index (κ2) is 36.6. The summed E-state index contributed by atoms with van der Waals surface area (Å²) >= 11 is 0. The van der Waals surface area contributed by atoms with Crippen molar-refractivity contribution in [3.05, 3.63) is 24.3 Å². The Labute approximate surface area is 295 Å². The summed E-state index contributed by atoms with van der Waals surface area (Å²) in [6.45, 7) is 6.48. The van der Waals surface area contributed by atoms with Crippen LogP contribution in [0.5, 0.6) is 0 Å². The average molecular weight is 665 g/mol. The molecule has 0 aliphatic heterocycles. The molecule has 2 unspecified atom stereocenters. The highest BCUT2D eigenvalue weighted by Gasteiger charge is 2.28. The Bertz CT molecular complexity index is 613. The van der Waals surface area contributed by atoms with Crippen molar-refractivity contribution < 1.29 is 19.8 Å². The second-order valence-electron chi connectivity index (χ2n) is 15.2. The van der Waals surface area contributed by atoms with Gasteiger partial charge in [0.05, 0.1) is 13.7 Å². The number of quaternary nitrogens is 1. The van der Waals surface area contributed by atoms with Gasteiger partial charge in [0.15, 0.2) is 0 Å². The number of likely N-dealkylation sites (N-methyl/N-ethyl adjacent to an activating group) is 1. The fourth-order valence-corrected chi connectivity index (χ4v) is 6.95. The maximum atomic E-state index is 10.8. The van der Waals surface area contributed by atoms with Crippen LogP contribution in [0.4, 0.5) is 0 Å². The van der Waals surface area contributed by atoms with Gasteiger partial charge in [-0.15, -0.1) is 0 Å². The van der Waals surface area contributed by atoms with Crippen LogP contribution in [0.1, 0.15) is 206 Å². The summed E-state index contributed by atoms with van der Waals surface area (Å²) in [4.78, 5) is 0. The van der Waals surface area contributed by atoms with Crippen molar-refractivity contribution in [1.82, 2.24) is 0 Å². The summed E-state index contributed by atoms with van der Waals surface area (Å²) in [5.74, 6) is 0. The SMILES string of the molecule is CCCCCCCC/C=C\CCCCCCCCC(O)C[N+](C)(CCO)CC(O)CCCCCCCC/C=C\CCCCCCCC. The summed E-state index contributed by atoms with van der Waals surface area (Å²) in [5, 5.41) is 31.2. The minimum atomic E-state index is -0.360. The first-order chi connectivity index (χ1) is 23.0. The van der Waals surface area contributed by atoms with Crippen LogP contribution in [0.25, 0.3) is 0 Å². The van der Waals surface area contributed by atoms with Crippen molar-refractivity contribution in [2.45, 2.75) is 219 Å². The number of unbranched alkanes of at least 4 members (excludes halogenated alkanes) is 24. The molecule has 0 aromatic carbocycles. The van der Waals surface area contributed by atoms with Gasteiger partial charge in [-0.05, 0) is 64.2 Å². The van der Waals surface area contributed by atoms with E-state index in [1.165, 1.54) is 167 Å². The molecule has 3 N–H and O–H groups in total. The van der Waals surface area contributed by atoms with E-state index in [0.717, 1.165) is 25.7 Å². The van der Waals surface area contributed by atoms with Crippen molar-refractivity contribution >= 4 is 0 Å². The third-order valence-electron chi connectivity index (χ3n) is 10.0. The highest BCUT2D eigenvalue weighted by Crippen LogP contribution is 2.17. The van der Waals surface area contributed by atoms with E-state index in [9.17, 15) is 15.3 Å². The molecule has 0 saturated heterocycles. The second-order valence-corrected chi connectivity index (χ2v) is 15.2. The summed E-state index contributed by atoms with van der Waals surface area (Å²) < 4.78 is 0.553. The van der Waals surface area contributed by atoms with Gasteiger partial charge in [-0.3, -0.25) is 0 Å². The number of aliphatic hydroxyl groups is 3. The highest BCUT2D eigenvalue weighted by atomic mass is 16.3. The zero-order valence-corrected chi connectivity index (χ0v) is 32.3. The molecule has 0 fully saturated rings. The van der Waals surface area contributed by atoms with Crippen LogP contribution in [-0.4, -0.2) is 65.3 Å². The molecule has 0 aromatic rings. The average Bonchev–Trinajstić information content (AvgIpc) is 3.04. The Balaban J connectivity index is 3.79. The molecule has 47 heavy (non-hydrogen) atoms. The predicted molar refractivity (Wildman–Crippen MR) is 208 cm³/mol. The van der Waals surface area contributed by atoms with E-state index in [4.69, 9.17) is 0 Å². The fourth-order valence-electron chi connectivity index (χ4n) is 6.95. The number of allylic oxidation sites excluding steroid dienone is 4. The van der Waals surface area contributed by atoms with Crippen molar-refractivity contribution in [3.8, 4) is 0 Å². The Morgan fingerprint density at radius 3 is 1.00 bits per heavy atom. The lowest BCUT2D eigenvalue weighted by molar-refractivity contribution is -0.915. The monoisotopic (exact) mass is 665 g/mol. The molecule has 0 spiro atoms. The Morgan fingerprint density at radius 1 is 0.426 bits per heavy atom. The molecular formula is C43H86NO3+. The maximum Gasteiger partial charge on any atom is 0.105 e. The first kappa shape index (κ1) is 46.3. The first-order valence-corrected chi connectivity index (χ1v) is 21.1. The zero-order valence-electron chi connectivity index (χ0n) is 32.3. The van der Waals surface area contributed by atoms with Crippen LogP contribution in [0.15, 0.2) is 24.3 Å². The third-order valence-corrected chi connectivity index (χ3v) is 10.0. The summed E-state index contributed by atoms with van der Waals surface area (Å²) in [6.07, 6.45) is 46.8. The Kier molecular flexibility index (Phi) is 36.1. The van der Waals surface area contributed by atoms with E-state index in [-0.39, 0.29) is 18.8 Å². The van der Waals surface area contributed by atoms with Crippen molar-refractivity contribution in [2.75, 3.05) is 33.3 Å². The molecule has 0 aliphatic carbocycles. The fraction of sp³-hybridized carbons (Fsp3) is 0.907. The molecule has 280 valence electrons. The molecule has 0 heterocycles. The molecule has 0 amide bonds. The van der Waals surface area contributed by atoms with Gasteiger partial charge in [0.1, 0.15) is 31.8 Å². The van der Waals surface area contributed by atoms with Gasteiger partial charge in [-0.25, -0.2) is 0 Å². The van der Waals surface area contributed by atoms with Gasteiger partial charge in [0.25, 0.3) is 0 Å². The smallest absolute Gasteiger partial charge is 0.105 e. The van der Waals surface area contributed by atoms with Crippen LogP contribution in [0.3, 0.4) is 0 Å². The normalized spacial score (nSPS) is 14.8. The van der Waals surface area contributed by atoms with E-state index in [1.807, 2.05) is 0 Å². The molecule has 0 saturated carbocycles. The molecule has 2 atom stereocenters. The van der Waals surface area contributed by atoms with Crippen molar-refractivity contribution in [3.63, 3.8) is 0 Å². The minimum absolute atomic E-state index is 0.0956. The van der Waals surface area contributed by atoms with Crippen LogP contribution in [-0.2, 0) is 0 Å². The van der Waals surface area contributed by atoms with Gasteiger partial charge in [0.2, 0.25) is 0 Å². The van der Waals surface area contributed by atoms with Gasteiger partial charge < -0.3 is 19.8 Å². The van der Waals surface area contributed by atoms with Crippen LogP contribution >= 0.6 is 0 Å². The lowest BCUT2D eigenvalue weighted by atomic mass is 10.0. The molecule has 0 aromatic heterocycles. The number of aliphatic hydroxyl groups excluding tert-OH is 3. The molecule has 0 aliphatic rings. The number of nitrogens with zero attached hydrogens (tertiary/aromatic N) is 1. The standard InChI is InChI=1S/C43H86NO3/c1-4-6-8-10-12-14-16-18-20-22-24-26-28-30-32-34-36-42(46)40-44(3,38-39-45)41-43(47)37-35-33-31-29-27-25-23-21-19-17-15-13-11-9-7-5-2/h18-21,42-43,45-47H,4-17,22-41H2,1-3H3/q+1/b20-18-,21-19-. The molecular weight excluding hydrogens is 578 g/mol. The molecule has 0 radical (unpaired) electrons. The van der Waals surface area contributed by atoms with Crippen molar-refractivity contribution in [2.24, 2.45) is 0 Å². The summed E-state index contributed by atoms with van der Waals surface area (Å²) in [5.41, 5.74) is 0. The maximum absolute atomic E-state index is 10.8. The zero-order chi connectivity index (χ0) is 34.5. The minimum Gasteiger partial charge on any atom is -0.391 e. The lowest BCUT2D eigenvalue weighted by Gasteiger charge is -2.37. The Hall–Kier alpha value is -0.680. The quantitative estimate of drug-likeness (QED) is 0.0350. The van der Waals surface area contributed by atoms with Crippen LogP contribution in [0, 0.1) is 0 Å². The van der Waals surface area contributed by atoms with Crippen LogP contribution < -0.4 is 0 Å². The van der Waals surface area contributed by atoms with E-state index in [2.05, 4.69) is 45.2 Å². The topological polar surface area (TPSA) is 60.7 Å². The van der Waals surface area contributed by atoms with Gasteiger partial charge in [-0.2, -0.15) is 0 Å². The number of hydrogen-bond donors (Lipinski definition) is 3. The molecule has 4 heteroatoms. The predicted octanol–water partition coefficient (Wildman–Crippen LogP) is 12.0. The van der Waals surface area contributed by atoms with Gasteiger partial charge in [-0.1, -0.05) is 167 Å². The molecule has 0 bridgehead atoms. The van der Waals surface area contributed by atoms with E-state index < -0.39 is 0 Å². The highest BCUT2D eigenvalue weighted by molar-refractivity contribution is 4.82. The summed E-state index contributed by atoms with van der Waals surface area (Å²) in [6, 6.07) is 0. The third kappa shape index (κ3) is 35.0. The number of rotatable bonds is 38. The van der Waals surface area contributed by atoms with Gasteiger partial charge >= 0.3 is 0 Å². The Morgan fingerprint density at radius 2 is 0.702 bits per heavy atom. The molecule has 0 rings (SSSR count). The number of hydrogen-bond acceptors (Lipinski definition) is 3. The van der Waals surface area contributed by atoms with E-state index in [0.29, 0.717) is 24.1 Å². The largest absolute Gasteiger partial charge is 0.391 e. The van der Waals surface area contributed by atoms with Crippen molar-refractivity contribution in [1.29, 1.82) is 0 Å². The first-order valence-electron chi connectivity index (χ1n) is 21.1. The molecule has 4 nitrogen and oxygen atoms in total. The van der Waals surface area contributed by atoms with Gasteiger partial charge in [0, 0.05) is 0 Å². The lowest BCUT2D eigenvalue weighted by Crippen LogP contribution is -2.54. The summed E-state index contributed by atoms with van der Waals surface area (Å²) in [7, 11) is 2.09. The van der Waals surface area contributed by atoms with E-state index in [1.54, 1.807) is 0 Å². The van der Waals surface area contributed by atoms with Crippen LogP contribution in [0.2, 0.25) is 0 Å². The van der Waals surface area contributed by atoms with E-state index >= 15 is 0 Å².